The van der Waals surface area contributed by atoms with Gasteiger partial charge in [-0.3, -0.25) is 4.79 Å². The number of rotatable bonds is 7. The number of aliphatic carboxylic acids is 1. The molecule has 3 aromatic carbocycles. The second-order valence-electron chi connectivity index (χ2n) is 7.17. The van der Waals surface area contributed by atoms with E-state index in [1.807, 2.05) is 47.0 Å². The maximum atomic E-state index is 13.2. The molecule has 0 spiro atoms. The second kappa shape index (κ2) is 8.63. The van der Waals surface area contributed by atoms with Crippen LogP contribution in [0.25, 0.3) is 21.8 Å². The molecule has 0 saturated carbocycles. The molecule has 0 aliphatic carbocycles. The number of alkyl halides is 3. The van der Waals surface area contributed by atoms with Crippen LogP contribution < -0.4 is 0 Å². The van der Waals surface area contributed by atoms with Crippen molar-refractivity contribution in [1.29, 1.82) is 0 Å². The predicted molar refractivity (Wildman–Crippen MR) is 115 cm³/mol. The van der Waals surface area contributed by atoms with Gasteiger partial charge in [-0.05, 0) is 41.0 Å². The number of imidazole rings is 1. The van der Waals surface area contributed by atoms with Gasteiger partial charge in [-0.1, -0.05) is 54.2 Å². The van der Waals surface area contributed by atoms with Crippen molar-refractivity contribution in [2.24, 2.45) is 0 Å². The van der Waals surface area contributed by atoms with E-state index < -0.39 is 17.7 Å². The highest BCUT2D eigenvalue weighted by molar-refractivity contribution is 7.99. The van der Waals surface area contributed by atoms with Crippen molar-refractivity contribution >= 4 is 39.5 Å². The van der Waals surface area contributed by atoms with Crippen LogP contribution in [0.2, 0.25) is 0 Å². The number of carbonyl (C=O) groups is 1. The SMILES string of the molecule is O=C(O)CCCSc1nc2cc(C(F)(F)F)ccc2n1Cc1cccc2ccccc12. The molecule has 0 unspecified atom stereocenters. The summed E-state index contributed by atoms with van der Waals surface area (Å²) in [5.41, 5.74) is 1.18. The lowest BCUT2D eigenvalue weighted by molar-refractivity contribution is -0.138. The Labute approximate surface area is 180 Å². The Morgan fingerprint density at radius 1 is 1.06 bits per heavy atom. The Hall–Kier alpha value is -3.00. The molecule has 0 amide bonds. The highest BCUT2D eigenvalue weighted by Crippen LogP contribution is 2.34. The van der Waals surface area contributed by atoms with E-state index in [0.29, 0.717) is 29.4 Å². The zero-order valence-corrected chi connectivity index (χ0v) is 17.2. The molecule has 4 rings (SSSR count). The highest BCUT2D eigenvalue weighted by Gasteiger charge is 2.31. The van der Waals surface area contributed by atoms with Crippen molar-refractivity contribution in [2.75, 3.05) is 5.75 Å². The maximum absolute atomic E-state index is 13.2. The predicted octanol–water partition coefficient (Wildman–Crippen LogP) is 6.21. The van der Waals surface area contributed by atoms with E-state index in [4.69, 9.17) is 5.11 Å². The summed E-state index contributed by atoms with van der Waals surface area (Å²) in [6.45, 7) is 0.449. The van der Waals surface area contributed by atoms with Crippen LogP contribution in [-0.4, -0.2) is 26.4 Å². The summed E-state index contributed by atoms with van der Waals surface area (Å²) in [5, 5.41) is 11.6. The summed E-state index contributed by atoms with van der Waals surface area (Å²) >= 11 is 1.36. The lowest BCUT2D eigenvalue weighted by atomic mass is 10.0. The third kappa shape index (κ3) is 4.69. The van der Waals surface area contributed by atoms with Gasteiger partial charge >= 0.3 is 12.1 Å². The fraction of sp³-hybridized carbons (Fsp3) is 0.217. The van der Waals surface area contributed by atoms with Crippen LogP contribution in [0.1, 0.15) is 24.0 Å². The first kappa shape index (κ1) is 21.2. The molecular formula is C23H19F3N2O2S. The standard InChI is InChI=1S/C23H19F3N2O2S/c24-23(25,26)17-10-11-20-19(13-17)27-22(31-12-4-9-21(29)30)28(20)14-16-7-3-6-15-5-1-2-8-18(15)16/h1-3,5-8,10-11,13H,4,9,12,14H2,(H,29,30). The lowest BCUT2D eigenvalue weighted by Crippen LogP contribution is -2.05. The van der Waals surface area contributed by atoms with Gasteiger partial charge in [-0.2, -0.15) is 13.2 Å². The van der Waals surface area contributed by atoms with Gasteiger partial charge < -0.3 is 9.67 Å². The van der Waals surface area contributed by atoms with Gasteiger partial charge in [0.05, 0.1) is 23.1 Å². The third-order valence-electron chi connectivity index (χ3n) is 5.02. The van der Waals surface area contributed by atoms with Crippen LogP contribution in [0.15, 0.2) is 65.8 Å². The molecule has 1 heterocycles. The topological polar surface area (TPSA) is 55.1 Å². The Morgan fingerprint density at radius 3 is 2.61 bits per heavy atom. The minimum absolute atomic E-state index is 0.0365. The van der Waals surface area contributed by atoms with Crippen molar-refractivity contribution in [2.45, 2.75) is 30.7 Å². The first-order valence-corrected chi connectivity index (χ1v) is 10.7. The average Bonchev–Trinajstić information content (AvgIpc) is 3.07. The van der Waals surface area contributed by atoms with Crippen molar-refractivity contribution in [3.8, 4) is 0 Å². The Morgan fingerprint density at radius 2 is 1.84 bits per heavy atom. The molecule has 31 heavy (non-hydrogen) atoms. The van der Waals surface area contributed by atoms with E-state index >= 15 is 0 Å². The summed E-state index contributed by atoms with van der Waals surface area (Å²) in [6.07, 6.45) is -3.96. The van der Waals surface area contributed by atoms with Gasteiger partial charge in [-0.15, -0.1) is 0 Å². The molecule has 0 bridgehead atoms. The quantitative estimate of drug-likeness (QED) is 0.272. The number of nitrogens with zero attached hydrogens (tertiary/aromatic N) is 2. The first-order valence-electron chi connectivity index (χ1n) is 9.71. The smallest absolute Gasteiger partial charge is 0.416 e. The lowest BCUT2D eigenvalue weighted by Gasteiger charge is -2.12. The molecule has 0 fully saturated rings. The summed E-state index contributed by atoms with van der Waals surface area (Å²) < 4.78 is 41.4. The molecule has 0 radical (unpaired) electrons. The molecule has 4 aromatic rings. The molecule has 0 aliphatic rings. The van der Waals surface area contributed by atoms with Crippen LogP contribution in [0.3, 0.4) is 0 Å². The normalized spacial score (nSPS) is 12.0. The largest absolute Gasteiger partial charge is 0.481 e. The minimum atomic E-state index is -4.44. The molecule has 1 aromatic heterocycles. The summed E-state index contributed by atoms with van der Waals surface area (Å²) in [6, 6.07) is 17.5. The monoisotopic (exact) mass is 444 g/mol. The Kier molecular flexibility index (Phi) is 5.91. The molecule has 0 atom stereocenters. The van der Waals surface area contributed by atoms with Gasteiger partial charge in [0, 0.05) is 12.2 Å². The maximum Gasteiger partial charge on any atom is 0.416 e. The minimum Gasteiger partial charge on any atom is -0.481 e. The van der Waals surface area contributed by atoms with Crippen molar-refractivity contribution in [3.05, 3.63) is 71.8 Å². The van der Waals surface area contributed by atoms with Crippen LogP contribution in [0.4, 0.5) is 13.2 Å². The second-order valence-corrected chi connectivity index (χ2v) is 8.23. The fourth-order valence-corrected chi connectivity index (χ4v) is 4.49. The van der Waals surface area contributed by atoms with Gasteiger partial charge in [0.1, 0.15) is 0 Å². The van der Waals surface area contributed by atoms with Crippen molar-refractivity contribution in [1.82, 2.24) is 9.55 Å². The summed E-state index contributed by atoms with van der Waals surface area (Å²) in [7, 11) is 0. The number of fused-ring (bicyclic) bond motifs is 2. The number of carboxylic acid groups (broad SMARTS) is 1. The van der Waals surface area contributed by atoms with Gasteiger partial charge in [-0.25, -0.2) is 4.98 Å². The van der Waals surface area contributed by atoms with Gasteiger partial charge in [0.2, 0.25) is 0 Å². The Balaban J connectivity index is 1.75. The number of thioether (sulfide) groups is 1. The Bertz CT molecular complexity index is 1250. The van der Waals surface area contributed by atoms with Crippen molar-refractivity contribution < 1.29 is 23.1 Å². The zero-order chi connectivity index (χ0) is 22.0. The van der Waals surface area contributed by atoms with Crippen LogP contribution in [0.5, 0.6) is 0 Å². The summed E-state index contributed by atoms with van der Waals surface area (Å²) in [5.74, 6) is -0.364. The first-order chi connectivity index (χ1) is 14.8. The van der Waals surface area contributed by atoms with Crippen LogP contribution >= 0.6 is 11.8 Å². The third-order valence-corrected chi connectivity index (χ3v) is 6.08. The molecule has 1 N–H and O–H groups in total. The molecule has 8 heteroatoms. The van der Waals surface area contributed by atoms with E-state index in [1.54, 1.807) is 0 Å². The van der Waals surface area contributed by atoms with E-state index in [9.17, 15) is 18.0 Å². The number of benzene rings is 3. The number of aromatic nitrogens is 2. The average molecular weight is 444 g/mol. The highest BCUT2D eigenvalue weighted by atomic mass is 32.2. The molecule has 160 valence electrons. The van der Waals surface area contributed by atoms with E-state index in [1.165, 1.54) is 17.8 Å². The molecular weight excluding hydrogens is 425 g/mol. The van der Waals surface area contributed by atoms with Crippen molar-refractivity contribution in [3.63, 3.8) is 0 Å². The zero-order valence-electron chi connectivity index (χ0n) is 16.4. The van der Waals surface area contributed by atoms with Crippen LogP contribution in [-0.2, 0) is 17.5 Å². The van der Waals surface area contributed by atoms with Gasteiger partial charge in [0.15, 0.2) is 5.16 Å². The summed E-state index contributed by atoms with van der Waals surface area (Å²) in [4.78, 5) is 15.2. The number of hydrogen-bond acceptors (Lipinski definition) is 3. The molecule has 4 nitrogen and oxygen atoms in total. The molecule has 0 aliphatic heterocycles. The number of carboxylic acids is 1. The van der Waals surface area contributed by atoms with E-state index in [0.717, 1.165) is 28.5 Å². The van der Waals surface area contributed by atoms with Crippen LogP contribution in [0, 0.1) is 0 Å². The van der Waals surface area contributed by atoms with Gasteiger partial charge in [0.25, 0.3) is 0 Å². The fourth-order valence-electron chi connectivity index (χ4n) is 3.53. The number of hydrogen-bond donors (Lipinski definition) is 1. The number of halogens is 3. The van der Waals surface area contributed by atoms with E-state index in [2.05, 4.69) is 4.98 Å². The molecule has 0 saturated heterocycles. The van der Waals surface area contributed by atoms with E-state index in [-0.39, 0.29) is 11.9 Å².